The molecule has 2 amide bonds. The van der Waals surface area contributed by atoms with Crippen LogP contribution >= 0.6 is 22.6 Å². The third kappa shape index (κ3) is 3.51. The van der Waals surface area contributed by atoms with Gasteiger partial charge < -0.3 is 5.32 Å². The zero-order valence-corrected chi connectivity index (χ0v) is 14.8. The Morgan fingerprint density at radius 1 is 1.09 bits per heavy atom. The maximum Gasteiger partial charge on any atom is 0.292 e. The Hall–Kier alpha value is -0.950. The van der Waals surface area contributed by atoms with Gasteiger partial charge >= 0.3 is 0 Å². The minimum absolute atomic E-state index is 0.0537. The number of nitrogens with zero attached hydrogens (tertiary/aromatic N) is 1. The maximum absolute atomic E-state index is 12.5. The lowest BCUT2D eigenvalue weighted by atomic mass is 9.89. The fourth-order valence-electron chi connectivity index (χ4n) is 3.48. The Morgan fingerprint density at radius 3 is 2.45 bits per heavy atom. The van der Waals surface area contributed by atoms with Crippen LogP contribution in [0.25, 0.3) is 0 Å². The third-order valence-corrected chi connectivity index (χ3v) is 5.46. The number of hydrogen-bond donors (Lipinski definition) is 1. The number of amides is 2. The lowest BCUT2D eigenvalue weighted by molar-refractivity contribution is -0.680. The molecule has 0 unspecified atom stereocenters. The van der Waals surface area contributed by atoms with Gasteiger partial charge in [-0.1, -0.05) is 19.3 Å². The van der Waals surface area contributed by atoms with Crippen LogP contribution in [0, 0.1) is 9.49 Å². The average molecular weight is 413 g/mol. The number of carbonyl (C=O) groups is 2. The summed E-state index contributed by atoms with van der Waals surface area (Å²) in [5, 5.41) is 2.10. The second-order valence-corrected chi connectivity index (χ2v) is 7.58. The van der Waals surface area contributed by atoms with E-state index < -0.39 is 0 Å². The van der Waals surface area contributed by atoms with Crippen LogP contribution in [-0.4, -0.2) is 24.4 Å². The summed E-state index contributed by atoms with van der Waals surface area (Å²) in [5.41, 5.74) is 0.698. The SMILES string of the molecule is O=C1C[C@@H]([NH2+]CC2CCCCC2)C(=O)N1c1ccc(I)cc1. The zero-order valence-electron chi connectivity index (χ0n) is 12.6. The number of benzene rings is 1. The first kappa shape index (κ1) is 15.9. The Morgan fingerprint density at radius 2 is 1.77 bits per heavy atom. The molecule has 22 heavy (non-hydrogen) atoms. The normalized spacial score (nSPS) is 23.3. The van der Waals surface area contributed by atoms with Crippen LogP contribution in [0.5, 0.6) is 0 Å². The highest BCUT2D eigenvalue weighted by Gasteiger charge is 2.42. The summed E-state index contributed by atoms with van der Waals surface area (Å²) in [6.07, 6.45) is 6.84. The molecule has 1 saturated heterocycles. The quantitative estimate of drug-likeness (QED) is 0.607. The van der Waals surface area contributed by atoms with Crippen molar-refractivity contribution >= 4 is 40.1 Å². The Kier molecular flexibility index (Phi) is 5.13. The molecule has 118 valence electrons. The molecule has 1 atom stereocenters. The fraction of sp³-hybridized carbons (Fsp3) is 0.529. The summed E-state index contributed by atoms with van der Waals surface area (Å²) in [7, 11) is 0. The van der Waals surface area contributed by atoms with Crippen molar-refractivity contribution < 1.29 is 14.9 Å². The molecule has 1 heterocycles. The van der Waals surface area contributed by atoms with Gasteiger partial charge in [0.2, 0.25) is 5.91 Å². The number of rotatable bonds is 4. The lowest BCUT2D eigenvalue weighted by Gasteiger charge is -2.21. The number of carbonyl (C=O) groups excluding carboxylic acids is 2. The van der Waals surface area contributed by atoms with Crippen LogP contribution in [0.4, 0.5) is 5.69 Å². The predicted octanol–water partition coefficient (Wildman–Crippen LogP) is 2.07. The van der Waals surface area contributed by atoms with Crippen molar-refractivity contribution in [1.82, 2.24) is 0 Å². The highest BCUT2D eigenvalue weighted by Crippen LogP contribution is 2.24. The van der Waals surface area contributed by atoms with Crippen LogP contribution in [0.15, 0.2) is 24.3 Å². The fourth-order valence-corrected chi connectivity index (χ4v) is 3.84. The third-order valence-electron chi connectivity index (χ3n) is 4.75. The van der Waals surface area contributed by atoms with E-state index in [1.807, 2.05) is 24.3 Å². The number of anilines is 1. The summed E-state index contributed by atoms with van der Waals surface area (Å²) >= 11 is 2.22. The number of quaternary nitrogens is 1. The van der Waals surface area contributed by atoms with Gasteiger partial charge in [-0.2, -0.15) is 0 Å². The molecule has 1 saturated carbocycles. The van der Waals surface area contributed by atoms with Crippen molar-refractivity contribution in [3.8, 4) is 0 Å². The van der Waals surface area contributed by atoms with Gasteiger partial charge in [0.15, 0.2) is 6.04 Å². The van der Waals surface area contributed by atoms with E-state index in [4.69, 9.17) is 0 Å². The van der Waals surface area contributed by atoms with Gasteiger partial charge in [-0.3, -0.25) is 9.59 Å². The van der Waals surface area contributed by atoms with Gasteiger partial charge in [0, 0.05) is 9.49 Å². The minimum atomic E-state index is -0.228. The highest BCUT2D eigenvalue weighted by atomic mass is 127. The molecule has 2 aliphatic rings. The number of hydrogen-bond acceptors (Lipinski definition) is 2. The van der Waals surface area contributed by atoms with E-state index in [1.165, 1.54) is 37.0 Å². The first-order chi connectivity index (χ1) is 10.6. The monoisotopic (exact) mass is 413 g/mol. The number of nitrogens with two attached hydrogens (primary N) is 1. The van der Waals surface area contributed by atoms with Crippen molar-refractivity contribution in [2.45, 2.75) is 44.6 Å². The molecule has 4 nitrogen and oxygen atoms in total. The van der Waals surface area contributed by atoms with Crippen molar-refractivity contribution in [2.75, 3.05) is 11.4 Å². The van der Waals surface area contributed by atoms with Gasteiger partial charge in [-0.25, -0.2) is 4.90 Å². The number of halogens is 1. The van der Waals surface area contributed by atoms with Gasteiger partial charge in [-0.15, -0.1) is 0 Å². The van der Waals surface area contributed by atoms with E-state index in [0.717, 1.165) is 10.1 Å². The summed E-state index contributed by atoms with van der Waals surface area (Å²) in [6.45, 7) is 0.976. The highest BCUT2D eigenvalue weighted by molar-refractivity contribution is 14.1. The molecular weight excluding hydrogens is 391 g/mol. The summed E-state index contributed by atoms with van der Waals surface area (Å²) in [4.78, 5) is 26.1. The van der Waals surface area contributed by atoms with Crippen LogP contribution in [0.3, 0.4) is 0 Å². The molecule has 0 radical (unpaired) electrons. The predicted molar refractivity (Wildman–Crippen MR) is 93.4 cm³/mol. The molecule has 2 N–H and O–H groups in total. The first-order valence-electron chi connectivity index (χ1n) is 8.11. The summed E-state index contributed by atoms with van der Waals surface area (Å²) in [5.74, 6) is 0.585. The molecular formula is C17H22IN2O2+. The summed E-state index contributed by atoms with van der Waals surface area (Å²) < 4.78 is 1.10. The van der Waals surface area contributed by atoms with Gasteiger partial charge in [0.25, 0.3) is 5.91 Å². The van der Waals surface area contributed by atoms with Gasteiger partial charge in [0.05, 0.1) is 18.7 Å². The molecule has 3 rings (SSSR count). The van der Waals surface area contributed by atoms with E-state index in [2.05, 4.69) is 27.9 Å². The molecule has 0 bridgehead atoms. The Bertz CT molecular complexity index is 552. The topological polar surface area (TPSA) is 54.0 Å². The number of imide groups is 1. The molecule has 1 aromatic rings. The Balaban J connectivity index is 1.62. The van der Waals surface area contributed by atoms with Crippen LogP contribution in [0.2, 0.25) is 0 Å². The molecule has 0 spiro atoms. The minimum Gasteiger partial charge on any atom is -0.335 e. The molecule has 2 fully saturated rings. The van der Waals surface area contributed by atoms with Crippen molar-refractivity contribution in [1.29, 1.82) is 0 Å². The molecule has 1 aromatic carbocycles. The van der Waals surface area contributed by atoms with Gasteiger partial charge in [-0.05, 0) is 59.7 Å². The maximum atomic E-state index is 12.5. The smallest absolute Gasteiger partial charge is 0.292 e. The van der Waals surface area contributed by atoms with Crippen molar-refractivity contribution in [3.63, 3.8) is 0 Å². The van der Waals surface area contributed by atoms with Gasteiger partial charge in [0.1, 0.15) is 0 Å². The summed E-state index contributed by atoms with van der Waals surface area (Å²) in [6, 6.07) is 7.32. The molecule has 1 aliphatic carbocycles. The van der Waals surface area contributed by atoms with E-state index in [0.29, 0.717) is 18.0 Å². The van der Waals surface area contributed by atoms with Crippen molar-refractivity contribution in [3.05, 3.63) is 27.8 Å². The van der Waals surface area contributed by atoms with E-state index >= 15 is 0 Å². The van der Waals surface area contributed by atoms with E-state index in [-0.39, 0.29) is 17.9 Å². The largest absolute Gasteiger partial charge is 0.335 e. The first-order valence-corrected chi connectivity index (χ1v) is 9.18. The molecule has 0 aromatic heterocycles. The average Bonchev–Trinajstić information content (AvgIpc) is 2.82. The van der Waals surface area contributed by atoms with E-state index in [1.54, 1.807) is 0 Å². The zero-order chi connectivity index (χ0) is 15.5. The lowest BCUT2D eigenvalue weighted by Crippen LogP contribution is -2.92. The molecule has 1 aliphatic heterocycles. The second-order valence-electron chi connectivity index (χ2n) is 6.33. The van der Waals surface area contributed by atoms with Crippen LogP contribution < -0.4 is 10.2 Å². The van der Waals surface area contributed by atoms with Crippen LogP contribution in [0.1, 0.15) is 38.5 Å². The Labute approximate surface area is 144 Å². The van der Waals surface area contributed by atoms with Crippen LogP contribution in [-0.2, 0) is 9.59 Å². The van der Waals surface area contributed by atoms with E-state index in [9.17, 15) is 9.59 Å². The van der Waals surface area contributed by atoms with Crippen molar-refractivity contribution in [2.24, 2.45) is 5.92 Å². The molecule has 5 heteroatoms. The second kappa shape index (κ2) is 7.08. The standard InChI is InChI=1S/C17H21IN2O2/c18-13-6-8-14(9-7-13)20-16(21)10-15(17(20)22)19-11-12-4-2-1-3-5-12/h6-9,12,15,19H,1-5,10-11H2/p+1/t15-/m1/s1.